The molecule has 1 heterocycles. The molecule has 0 radical (unpaired) electrons. The minimum Gasteiger partial charge on any atom is -0.376 e. The molecule has 1 amide bonds. The fraction of sp³-hybridized carbons (Fsp3) is 0.917. The summed E-state index contributed by atoms with van der Waals surface area (Å²) < 4.78 is 27.2. The highest BCUT2D eigenvalue weighted by atomic mass is 32.2. The summed E-state index contributed by atoms with van der Waals surface area (Å²) in [5.41, 5.74) is 0. The first-order valence-electron chi connectivity index (χ1n) is 6.55. The molecule has 0 unspecified atom stereocenters. The van der Waals surface area contributed by atoms with Gasteiger partial charge in [0.05, 0.1) is 12.7 Å². The van der Waals surface area contributed by atoms with Gasteiger partial charge in [-0.3, -0.25) is 4.79 Å². The maximum atomic E-state index is 11.8. The first kappa shape index (κ1) is 16.4. The lowest BCUT2D eigenvalue weighted by atomic mass is 10.1. The van der Waals surface area contributed by atoms with Crippen molar-refractivity contribution in [3.8, 4) is 0 Å². The molecule has 0 bridgehead atoms. The van der Waals surface area contributed by atoms with Crippen LogP contribution in [0, 0.1) is 0 Å². The van der Waals surface area contributed by atoms with Gasteiger partial charge in [0.2, 0.25) is 5.91 Å². The Morgan fingerprint density at radius 1 is 1.37 bits per heavy atom. The Morgan fingerprint density at radius 3 is 2.47 bits per heavy atom. The second-order valence-corrected chi connectivity index (χ2v) is 7.92. The zero-order chi connectivity index (χ0) is 14.5. The zero-order valence-electron chi connectivity index (χ0n) is 11.9. The molecule has 1 fully saturated rings. The van der Waals surface area contributed by atoms with Crippen LogP contribution in [0.15, 0.2) is 0 Å². The molecule has 19 heavy (non-hydrogen) atoms. The summed E-state index contributed by atoms with van der Waals surface area (Å²) >= 11 is 0. The highest BCUT2D eigenvalue weighted by Crippen LogP contribution is 2.14. The van der Waals surface area contributed by atoms with Gasteiger partial charge in [0.1, 0.15) is 4.75 Å². The SMILES string of the molecule is CC(C)(C(=O)NCCOC1CCNCC1)S(C)(=O)=O. The number of amides is 1. The standard InChI is InChI=1S/C12H24N2O4S/c1-12(2,19(3,16)17)11(15)14-8-9-18-10-4-6-13-7-5-10/h10,13H,4-9H2,1-3H3,(H,14,15). The first-order chi connectivity index (χ1) is 8.75. The van der Waals surface area contributed by atoms with Crippen molar-refractivity contribution in [2.75, 3.05) is 32.5 Å². The van der Waals surface area contributed by atoms with Gasteiger partial charge in [-0.1, -0.05) is 0 Å². The molecule has 7 heteroatoms. The number of hydrogen-bond acceptors (Lipinski definition) is 5. The summed E-state index contributed by atoms with van der Waals surface area (Å²) in [4.78, 5) is 11.8. The van der Waals surface area contributed by atoms with Gasteiger partial charge < -0.3 is 15.4 Å². The van der Waals surface area contributed by atoms with Crippen LogP contribution in [0.5, 0.6) is 0 Å². The van der Waals surface area contributed by atoms with Crippen LogP contribution in [0.4, 0.5) is 0 Å². The van der Waals surface area contributed by atoms with E-state index in [0.29, 0.717) is 13.2 Å². The molecule has 1 aliphatic heterocycles. The van der Waals surface area contributed by atoms with E-state index in [2.05, 4.69) is 10.6 Å². The number of hydrogen-bond donors (Lipinski definition) is 2. The predicted molar refractivity (Wildman–Crippen MR) is 73.8 cm³/mol. The van der Waals surface area contributed by atoms with E-state index in [9.17, 15) is 13.2 Å². The van der Waals surface area contributed by atoms with Crippen molar-refractivity contribution in [2.24, 2.45) is 0 Å². The fourth-order valence-corrected chi connectivity index (χ4v) is 2.14. The van der Waals surface area contributed by atoms with Crippen molar-refractivity contribution in [2.45, 2.75) is 37.5 Å². The highest BCUT2D eigenvalue weighted by molar-refractivity contribution is 7.92. The second-order valence-electron chi connectivity index (χ2n) is 5.36. The summed E-state index contributed by atoms with van der Waals surface area (Å²) in [6.45, 7) is 5.48. The third kappa shape index (κ3) is 4.74. The number of rotatable bonds is 6. The van der Waals surface area contributed by atoms with Gasteiger partial charge in [0.25, 0.3) is 0 Å². The van der Waals surface area contributed by atoms with Crippen LogP contribution in [0.2, 0.25) is 0 Å². The Morgan fingerprint density at radius 2 is 1.95 bits per heavy atom. The molecule has 0 aromatic carbocycles. The average molecular weight is 292 g/mol. The molecule has 1 aliphatic rings. The number of ether oxygens (including phenoxy) is 1. The van der Waals surface area contributed by atoms with Crippen molar-refractivity contribution in [1.82, 2.24) is 10.6 Å². The quantitative estimate of drug-likeness (QED) is 0.656. The molecule has 0 saturated carbocycles. The maximum Gasteiger partial charge on any atom is 0.240 e. The second kappa shape index (κ2) is 6.67. The predicted octanol–water partition coefficient (Wildman–Crippen LogP) is -0.306. The van der Waals surface area contributed by atoms with Crippen molar-refractivity contribution in [1.29, 1.82) is 0 Å². The monoisotopic (exact) mass is 292 g/mol. The molecule has 2 N–H and O–H groups in total. The van der Waals surface area contributed by atoms with Crippen molar-refractivity contribution in [3.63, 3.8) is 0 Å². The third-order valence-corrected chi connectivity index (χ3v) is 5.54. The number of nitrogens with one attached hydrogen (secondary N) is 2. The number of sulfone groups is 1. The molecule has 112 valence electrons. The van der Waals surface area contributed by atoms with Gasteiger partial charge in [-0.2, -0.15) is 0 Å². The van der Waals surface area contributed by atoms with Crippen LogP contribution in [0.1, 0.15) is 26.7 Å². The van der Waals surface area contributed by atoms with E-state index < -0.39 is 20.5 Å². The Balaban J connectivity index is 2.27. The van der Waals surface area contributed by atoms with Gasteiger partial charge in [-0.25, -0.2) is 8.42 Å². The third-order valence-electron chi connectivity index (χ3n) is 3.50. The minimum absolute atomic E-state index is 0.237. The molecule has 1 saturated heterocycles. The molecule has 0 aromatic rings. The topological polar surface area (TPSA) is 84.5 Å². The average Bonchev–Trinajstić information content (AvgIpc) is 2.34. The molecule has 1 rings (SSSR count). The lowest BCUT2D eigenvalue weighted by molar-refractivity contribution is -0.123. The summed E-state index contributed by atoms with van der Waals surface area (Å²) in [7, 11) is -3.42. The minimum atomic E-state index is -3.42. The van der Waals surface area contributed by atoms with E-state index in [0.717, 1.165) is 32.2 Å². The van der Waals surface area contributed by atoms with E-state index in [4.69, 9.17) is 4.74 Å². The van der Waals surface area contributed by atoms with E-state index >= 15 is 0 Å². The van der Waals surface area contributed by atoms with E-state index in [1.54, 1.807) is 0 Å². The van der Waals surface area contributed by atoms with Gasteiger partial charge in [0.15, 0.2) is 9.84 Å². The Bertz CT molecular complexity index is 400. The van der Waals surface area contributed by atoms with Crippen LogP contribution in [0.25, 0.3) is 0 Å². The molecule has 0 atom stereocenters. The van der Waals surface area contributed by atoms with E-state index in [1.165, 1.54) is 13.8 Å². The number of carbonyl (C=O) groups excluding carboxylic acids is 1. The van der Waals surface area contributed by atoms with Crippen LogP contribution in [-0.2, 0) is 19.4 Å². The molecular formula is C12H24N2O4S. The fourth-order valence-electron chi connectivity index (χ4n) is 1.73. The molecule has 0 aromatic heterocycles. The molecule has 0 aliphatic carbocycles. The van der Waals surface area contributed by atoms with Crippen LogP contribution in [-0.4, -0.2) is 57.7 Å². The normalized spacial score (nSPS) is 18.3. The molecule has 6 nitrogen and oxygen atoms in total. The van der Waals surface area contributed by atoms with Gasteiger partial charge in [0, 0.05) is 12.8 Å². The van der Waals surface area contributed by atoms with Crippen molar-refractivity contribution in [3.05, 3.63) is 0 Å². The maximum absolute atomic E-state index is 11.8. The number of carbonyl (C=O) groups is 1. The van der Waals surface area contributed by atoms with Crippen LogP contribution < -0.4 is 10.6 Å². The smallest absolute Gasteiger partial charge is 0.240 e. The molecule has 0 spiro atoms. The van der Waals surface area contributed by atoms with E-state index in [-0.39, 0.29) is 6.10 Å². The highest BCUT2D eigenvalue weighted by Gasteiger charge is 2.38. The van der Waals surface area contributed by atoms with Gasteiger partial charge in [-0.05, 0) is 39.8 Å². The molecular weight excluding hydrogens is 268 g/mol. The van der Waals surface area contributed by atoms with Crippen LogP contribution in [0.3, 0.4) is 0 Å². The van der Waals surface area contributed by atoms with Crippen molar-refractivity contribution >= 4 is 15.7 Å². The van der Waals surface area contributed by atoms with Crippen LogP contribution >= 0.6 is 0 Å². The lowest BCUT2D eigenvalue weighted by Gasteiger charge is -2.24. The van der Waals surface area contributed by atoms with E-state index in [1.807, 2.05) is 0 Å². The van der Waals surface area contributed by atoms with Gasteiger partial charge in [-0.15, -0.1) is 0 Å². The Labute approximate surface area is 115 Å². The summed E-state index contributed by atoms with van der Waals surface area (Å²) in [6, 6.07) is 0. The Hall–Kier alpha value is -0.660. The number of piperidine rings is 1. The zero-order valence-corrected chi connectivity index (χ0v) is 12.7. The van der Waals surface area contributed by atoms with Gasteiger partial charge >= 0.3 is 0 Å². The summed E-state index contributed by atoms with van der Waals surface area (Å²) in [5, 5.41) is 5.85. The summed E-state index contributed by atoms with van der Waals surface area (Å²) in [5.74, 6) is -0.482. The van der Waals surface area contributed by atoms with Crippen molar-refractivity contribution < 1.29 is 17.9 Å². The first-order valence-corrected chi connectivity index (χ1v) is 8.44. The Kier molecular flexibility index (Phi) is 5.76. The summed E-state index contributed by atoms with van der Waals surface area (Å²) in [6.07, 6.45) is 3.25. The largest absolute Gasteiger partial charge is 0.376 e. The lowest BCUT2D eigenvalue weighted by Crippen LogP contribution is -2.48.